The number of amides is 1. The zero-order valence-electron chi connectivity index (χ0n) is 16.6. The van der Waals surface area contributed by atoms with Gasteiger partial charge in [-0.15, -0.1) is 0 Å². The molecule has 7 nitrogen and oxygen atoms in total. The summed E-state index contributed by atoms with van der Waals surface area (Å²) in [6, 6.07) is 9.13. The Morgan fingerprint density at radius 3 is 2.48 bits per heavy atom. The maximum Gasteiger partial charge on any atom is 0.339 e. The predicted molar refractivity (Wildman–Crippen MR) is 106 cm³/mol. The second kappa shape index (κ2) is 8.22. The van der Waals surface area contributed by atoms with E-state index in [0.717, 1.165) is 11.4 Å². The van der Waals surface area contributed by atoms with E-state index in [2.05, 4.69) is 15.4 Å². The van der Waals surface area contributed by atoms with Crippen LogP contribution in [0.1, 0.15) is 44.9 Å². The van der Waals surface area contributed by atoms with E-state index in [9.17, 15) is 14.0 Å². The van der Waals surface area contributed by atoms with Crippen molar-refractivity contribution in [3.05, 3.63) is 70.6 Å². The van der Waals surface area contributed by atoms with E-state index in [1.807, 2.05) is 19.9 Å². The fourth-order valence-electron chi connectivity index (χ4n) is 2.94. The number of nitrogens with one attached hydrogen (secondary N) is 1. The molecule has 0 saturated heterocycles. The Labute approximate surface area is 167 Å². The van der Waals surface area contributed by atoms with Crippen molar-refractivity contribution < 1.29 is 18.7 Å². The Balaban J connectivity index is 1.79. The number of ether oxygens (including phenoxy) is 1. The third-order valence-corrected chi connectivity index (χ3v) is 4.26. The minimum Gasteiger partial charge on any atom is -0.462 e. The molecule has 0 aliphatic carbocycles. The van der Waals surface area contributed by atoms with Gasteiger partial charge >= 0.3 is 5.97 Å². The van der Waals surface area contributed by atoms with E-state index in [4.69, 9.17) is 4.74 Å². The van der Waals surface area contributed by atoms with Crippen molar-refractivity contribution in [3.8, 4) is 5.69 Å². The van der Waals surface area contributed by atoms with E-state index >= 15 is 0 Å². The molecule has 0 bridgehead atoms. The topological polar surface area (TPSA) is 86.1 Å². The number of hydrogen-bond acceptors (Lipinski definition) is 5. The van der Waals surface area contributed by atoms with Gasteiger partial charge < -0.3 is 10.1 Å². The number of aromatic nitrogens is 3. The average Bonchev–Trinajstić information content (AvgIpc) is 2.99. The number of aryl methyl sites for hydroxylation is 3. The van der Waals surface area contributed by atoms with Gasteiger partial charge in [-0.2, -0.15) is 5.10 Å². The molecule has 1 aromatic carbocycles. The fraction of sp³-hybridized carbons (Fsp3) is 0.238. The van der Waals surface area contributed by atoms with E-state index < -0.39 is 17.7 Å². The monoisotopic (exact) mass is 396 g/mol. The van der Waals surface area contributed by atoms with Gasteiger partial charge in [0.25, 0.3) is 5.91 Å². The Kier molecular flexibility index (Phi) is 5.72. The van der Waals surface area contributed by atoms with Gasteiger partial charge in [0.1, 0.15) is 11.4 Å². The molecule has 3 aromatic rings. The van der Waals surface area contributed by atoms with Crippen molar-refractivity contribution in [1.82, 2.24) is 14.8 Å². The van der Waals surface area contributed by atoms with Gasteiger partial charge in [0, 0.05) is 11.4 Å². The highest BCUT2D eigenvalue weighted by Gasteiger charge is 2.16. The van der Waals surface area contributed by atoms with Crippen LogP contribution < -0.4 is 5.32 Å². The summed E-state index contributed by atoms with van der Waals surface area (Å²) >= 11 is 0. The van der Waals surface area contributed by atoms with Crippen molar-refractivity contribution >= 4 is 17.6 Å². The van der Waals surface area contributed by atoms with E-state index in [-0.39, 0.29) is 18.0 Å². The fourth-order valence-corrected chi connectivity index (χ4v) is 2.94. The predicted octanol–water partition coefficient (Wildman–Crippen LogP) is 3.76. The third-order valence-electron chi connectivity index (χ3n) is 4.26. The summed E-state index contributed by atoms with van der Waals surface area (Å²) in [7, 11) is 0. The van der Waals surface area contributed by atoms with Crippen LogP contribution in [-0.4, -0.2) is 33.2 Å². The smallest absolute Gasteiger partial charge is 0.339 e. The summed E-state index contributed by atoms with van der Waals surface area (Å²) in [5, 5.41) is 6.88. The molecular weight excluding hydrogens is 375 g/mol. The highest BCUT2D eigenvalue weighted by Crippen LogP contribution is 2.20. The van der Waals surface area contributed by atoms with E-state index in [0.29, 0.717) is 16.9 Å². The molecule has 0 radical (unpaired) electrons. The van der Waals surface area contributed by atoms with Crippen LogP contribution in [0.25, 0.3) is 5.69 Å². The minimum atomic E-state index is -0.518. The second-order valence-corrected chi connectivity index (χ2v) is 6.51. The summed E-state index contributed by atoms with van der Waals surface area (Å²) in [6.45, 7) is 7.24. The Hall–Kier alpha value is -3.55. The standard InChI is InChI=1S/C21H21FN4O3/c1-5-29-21(28)16-7-8-18(23-14(16)4)20(27)24-15-6-9-19(17(22)11-15)26-13(3)10-12(2)25-26/h6-11H,5H2,1-4H3,(H,24,27). The molecule has 0 unspecified atom stereocenters. The van der Waals surface area contributed by atoms with Crippen molar-refractivity contribution in [2.24, 2.45) is 0 Å². The summed E-state index contributed by atoms with van der Waals surface area (Å²) in [5.41, 5.74) is 2.95. The number of nitrogens with zero attached hydrogens (tertiary/aromatic N) is 3. The average molecular weight is 396 g/mol. The highest BCUT2D eigenvalue weighted by molar-refractivity contribution is 6.03. The van der Waals surface area contributed by atoms with Crippen LogP contribution in [0, 0.1) is 26.6 Å². The number of hydrogen-bond donors (Lipinski definition) is 1. The number of halogens is 1. The first-order valence-electron chi connectivity index (χ1n) is 9.09. The molecule has 29 heavy (non-hydrogen) atoms. The summed E-state index contributed by atoms with van der Waals surface area (Å²) in [5.74, 6) is -1.52. The molecule has 2 aromatic heterocycles. The number of carbonyl (C=O) groups is 2. The van der Waals surface area contributed by atoms with Crippen molar-refractivity contribution in [2.75, 3.05) is 11.9 Å². The van der Waals surface area contributed by atoms with Crippen LogP contribution in [-0.2, 0) is 4.74 Å². The number of anilines is 1. The quantitative estimate of drug-likeness (QED) is 0.664. The first kappa shape index (κ1) is 20.2. The van der Waals surface area contributed by atoms with E-state index in [1.54, 1.807) is 26.0 Å². The lowest BCUT2D eigenvalue weighted by atomic mass is 10.2. The Bertz CT molecular complexity index is 1090. The second-order valence-electron chi connectivity index (χ2n) is 6.51. The highest BCUT2D eigenvalue weighted by atomic mass is 19.1. The maximum absolute atomic E-state index is 14.6. The molecule has 150 valence electrons. The molecule has 2 heterocycles. The van der Waals surface area contributed by atoms with Crippen molar-refractivity contribution in [3.63, 3.8) is 0 Å². The zero-order chi connectivity index (χ0) is 21.1. The Morgan fingerprint density at radius 2 is 1.90 bits per heavy atom. The SMILES string of the molecule is CCOC(=O)c1ccc(C(=O)Nc2ccc(-n3nc(C)cc3C)c(F)c2)nc1C. The van der Waals surface area contributed by atoms with Gasteiger partial charge in [0.05, 0.1) is 23.6 Å². The molecular formula is C21H21FN4O3. The lowest BCUT2D eigenvalue weighted by Crippen LogP contribution is -2.16. The summed E-state index contributed by atoms with van der Waals surface area (Å²) in [6.07, 6.45) is 0. The molecule has 0 saturated carbocycles. The number of esters is 1. The molecule has 8 heteroatoms. The minimum absolute atomic E-state index is 0.110. The van der Waals surface area contributed by atoms with Crippen LogP contribution in [0.4, 0.5) is 10.1 Å². The van der Waals surface area contributed by atoms with Gasteiger partial charge in [-0.05, 0) is 64.1 Å². The largest absolute Gasteiger partial charge is 0.462 e. The molecule has 0 atom stereocenters. The molecule has 3 rings (SSSR count). The lowest BCUT2D eigenvalue weighted by Gasteiger charge is -2.10. The summed E-state index contributed by atoms with van der Waals surface area (Å²) < 4.78 is 21.0. The summed E-state index contributed by atoms with van der Waals surface area (Å²) in [4.78, 5) is 28.5. The molecule has 0 aliphatic heterocycles. The van der Waals surface area contributed by atoms with Gasteiger partial charge in [-0.1, -0.05) is 0 Å². The third kappa shape index (κ3) is 4.31. The maximum atomic E-state index is 14.6. The zero-order valence-corrected chi connectivity index (χ0v) is 16.6. The van der Waals surface area contributed by atoms with E-state index in [1.165, 1.54) is 22.9 Å². The molecule has 0 aliphatic rings. The molecule has 1 amide bonds. The van der Waals surface area contributed by atoms with Crippen LogP contribution in [0.15, 0.2) is 36.4 Å². The van der Waals surface area contributed by atoms with Gasteiger partial charge in [-0.25, -0.2) is 18.9 Å². The number of pyridine rings is 1. The molecule has 1 N–H and O–H groups in total. The normalized spacial score (nSPS) is 10.7. The first-order valence-corrected chi connectivity index (χ1v) is 9.09. The van der Waals surface area contributed by atoms with Gasteiger partial charge in [0.15, 0.2) is 5.82 Å². The molecule has 0 fully saturated rings. The van der Waals surface area contributed by atoms with Crippen LogP contribution in [0.3, 0.4) is 0 Å². The molecule has 0 spiro atoms. The number of benzene rings is 1. The van der Waals surface area contributed by atoms with Crippen molar-refractivity contribution in [2.45, 2.75) is 27.7 Å². The van der Waals surface area contributed by atoms with Crippen molar-refractivity contribution in [1.29, 1.82) is 0 Å². The first-order chi connectivity index (χ1) is 13.8. The van der Waals surface area contributed by atoms with Crippen LogP contribution in [0.5, 0.6) is 0 Å². The lowest BCUT2D eigenvalue weighted by molar-refractivity contribution is 0.0524. The number of rotatable bonds is 5. The van der Waals surface area contributed by atoms with Crippen LogP contribution >= 0.6 is 0 Å². The van der Waals surface area contributed by atoms with Gasteiger partial charge in [0.2, 0.25) is 0 Å². The van der Waals surface area contributed by atoms with Gasteiger partial charge in [-0.3, -0.25) is 4.79 Å². The number of carbonyl (C=O) groups excluding carboxylic acids is 2. The Morgan fingerprint density at radius 1 is 1.14 bits per heavy atom. The van der Waals surface area contributed by atoms with Crippen LogP contribution in [0.2, 0.25) is 0 Å².